The van der Waals surface area contributed by atoms with Crippen molar-refractivity contribution in [1.29, 1.82) is 0 Å². The summed E-state index contributed by atoms with van der Waals surface area (Å²) in [6.07, 6.45) is 3.70. The lowest BCUT2D eigenvalue weighted by Crippen LogP contribution is -2.36. The molecule has 2 aliphatic rings. The highest BCUT2D eigenvalue weighted by molar-refractivity contribution is 5.05. The molecule has 1 N–H and O–H groups in total. The molecule has 1 saturated heterocycles. The van der Waals surface area contributed by atoms with E-state index in [1.54, 1.807) is 0 Å². The highest BCUT2D eigenvalue weighted by Gasteiger charge is 2.56. The van der Waals surface area contributed by atoms with E-state index in [0.29, 0.717) is 12.0 Å². The van der Waals surface area contributed by atoms with Crippen LogP contribution in [0, 0.1) is 5.92 Å². The maximum atomic E-state index is 9.81. The molecule has 0 radical (unpaired) electrons. The number of hydrogen-bond donors (Lipinski definition) is 1. The van der Waals surface area contributed by atoms with E-state index in [0.717, 1.165) is 19.3 Å². The largest absolute Gasteiger partial charge is 0.390 e. The monoisotopic (exact) mass is 170 g/mol. The van der Waals surface area contributed by atoms with Crippen LogP contribution in [0.25, 0.3) is 0 Å². The fraction of sp³-hybridized carbons (Fsp3) is 1.00. The van der Waals surface area contributed by atoms with Gasteiger partial charge in [-0.05, 0) is 46.0 Å². The highest BCUT2D eigenvalue weighted by Crippen LogP contribution is 2.51. The van der Waals surface area contributed by atoms with E-state index < -0.39 is 5.60 Å². The number of ether oxygens (including phenoxy) is 1. The van der Waals surface area contributed by atoms with E-state index in [-0.39, 0.29) is 5.60 Å². The number of aliphatic hydroxyl groups is 1. The molecule has 1 heterocycles. The lowest BCUT2D eigenvalue weighted by atomic mass is 9.75. The molecule has 2 fully saturated rings. The van der Waals surface area contributed by atoms with Gasteiger partial charge in [-0.3, -0.25) is 0 Å². The van der Waals surface area contributed by atoms with Crippen molar-refractivity contribution in [3.8, 4) is 0 Å². The van der Waals surface area contributed by atoms with Gasteiger partial charge < -0.3 is 9.84 Å². The summed E-state index contributed by atoms with van der Waals surface area (Å²) >= 11 is 0. The number of hydrogen-bond acceptors (Lipinski definition) is 2. The summed E-state index contributed by atoms with van der Waals surface area (Å²) in [5, 5.41) is 9.81. The fourth-order valence-corrected chi connectivity index (χ4v) is 2.29. The van der Waals surface area contributed by atoms with Gasteiger partial charge in [0.05, 0.1) is 17.3 Å². The Morgan fingerprint density at radius 2 is 2.17 bits per heavy atom. The van der Waals surface area contributed by atoms with E-state index >= 15 is 0 Å². The molecular formula is C10H18O2. The van der Waals surface area contributed by atoms with Crippen LogP contribution in [0.4, 0.5) is 0 Å². The van der Waals surface area contributed by atoms with Crippen LogP contribution >= 0.6 is 0 Å². The molecule has 0 spiro atoms. The smallest absolute Gasteiger partial charge is 0.0920 e. The van der Waals surface area contributed by atoms with Crippen LogP contribution in [-0.2, 0) is 4.74 Å². The van der Waals surface area contributed by atoms with Crippen LogP contribution in [0.3, 0.4) is 0 Å². The Morgan fingerprint density at radius 1 is 1.50 bits per heavy atom. The molecule has 1 aliphatic heterocycles. The second kappa shape index (κ2) is 2.24. The lowest BCUT2D eigenvalue weighted by Gasteiger charge is -2.32. The number of rotatable bonds is 1. The topological polar surface area (TPSA) is 32.8 Å². The SMILES string of the molecule is CC12CC[C@@H](C(C)(C)O)CC1O2. The average Bonchev–Trinajstić information content (AvgIpc) is 2.56. The van der Waals surface area contributed by atoms with E-state index in [9.17, 15) is 5.11 Å². The summed E-state index contributed by atoms with van der Waals surface area (Å²) in [5.74, 6) is 0.429. The predicted octanol–water partition coefficient (Wildman–Crippen LogP) is 1.71. The molecule has 0 aromatic rings. The van der Waals surface area contributed by atoms with Gasteiger partial charge in [-0.1, -0.05) is 0 Å². The van der Waals surface area contributed by atoms with Crippen LogP contribution in [0.1, 0.15) is 40.0 Å². The first-order valence-electron chi connectivity index (χ1n) is 4.82. The zero-order valence-corrected chi connectivity index (χ0v) is 8.13. The maximum absolute atomic E-state index is 9.81. The van der Waals surface area contributed by atoms with Crippen LogP contribution < -0.4 is 0 Å². The van der Waals surface area contributed by atoms with Crippen LogP contribution in [0.5, 0.6) is 0 Å². The average molecular weight is 170 g/mol. The second-order valence-corrected chi connectivity index (χ2v) is 5.04. The van der Waals surface area contributed by atoms with Gasteiger partial charge in [-0.15, -0.1) is 0 Å². The third-order valence-corrected chi connectivity index (χ3v) is 3.52. The lowest BCUT2D eigenvalue weighted by molar-refractivity contribution is 0.00186. The summed E-state index contributed by atoms with van der Waals surface area (Å²) in [6, 6.07) is 0. The van der Waals surface area contributed by atoms with Crippen molar-refractivity contribution in [3.63, 3.8) is 0 Å². The van der Waals surface area contributed by atoms with E-state index in [4.69, 9.17) is 4.74 Å². The van der Waals surface area contributed by atoms with Gasteiger partial charge in [0.25, 0.3) is 0 Å². The van der Waals surface area contributed by atoms with E-state index in [2.05, 4.69) is 6.92 Å². The first-order valence-corrected chi connectivity index (χ1v) is 4.82. The zero-order chi connectivity index (χ0) is 8.98. The molecule has 0 aromatic heterocycles. The Bertz CT molecular complexity index is 195. The Hall–Kier alpha value is -0.0800. The molecule has 12 heavy (non-hydrogen) atoms. The van der Waals surface area contributed by atoms with Crippen LogP contribution in [-0.4, -0.2) is 22.4 Å². The molecule has 0 aromatic carbocycles. The molecule has 1 aliphatic carbocycles. The zero-order valence-electron chi connectivity index (χ0n) is 8.13. The first kappa shape index (κ1) is 8.52. The van der Waals surface area contributed by atoms with Crippen LogP contribution in [0.15, 0.2) is 0 Å². The molecule has 70 valence electrons. The Kier molecular flexibility index (Phi) is 1.59. The summed E-state index contributed by atoms with van der Waals surface area (Å²) in [5.41, 5.74) is -0.338. The van der Waals surface area contributed by atoms with Crippen molar-refractivity contribution in [3.05, 3.63) is 0 Å². The van der Waals surface area contributed by atoms with Crippen molar-refractivity contribution in [1.82, 2.24) is 0 Å². The van der Waals surface area contributed by atoms with Gasteiger partial charge in [0.2, 0.25) is 0 Å². The molecule has 1 saturated carbocycles. The maximum Gasteiger partial charge on any atom is 0.0920 e. The van der Waals surface area contributed by atoms with Gasteiger partial charge in [-0.2, -0.15) is 0 Å². The van der Waals surface area contributed by atoms with Gasteiger partial charge in [-0.25, -0.2) is 0 Å². The Labute approximate surface area is 73.9 Å². The molecule has 2 rings (SSSR count). The van der Waals surface area contributed by atoms with Gasteiger partial charge >= 0.3 is 0 Å². The first-order chi connectivity index (χ1) is 5.42. The third kappa shape index (κ3) is 1.27. The standard InChI is InChI=1S/C10H18O2/c1-9(2,11)7-4-5-10(3)8(6-7)12-10/h7-8,11H,4-6H2,1-3H3/t7-,8?,10?/m1/s1. The van der Waals surface area contributed by atoms with Crippen molar-refractivity contribution < 1.29 is 9.84 Å². The highest BCUT2D eigenvalue weighted by atomic mass is 16.6. The minimum absolute atomic E-state index is 0.182. The third-order valence-electron chi connectivity index (χ3n) is 3.52. The van der Waals surface area contributed by atoms with Crippen LogP contribution in [0.2, 0.25) is 0 Å². The van der Waals surface area contributed by atoms with E-state index in [1.165, 1.54) is 0 Å². The van der Waals surface area contributed by atoms with Crippen molar-refractivity contribution >= 4 is 0 Å². The van der Waals surface area contributed by atoms with Crippen molar-refractivity contribution in [2.75, 3.05) is 0 Å². The Balaban J connectivity index is 1.98. The molecule has 2 nitrogen and oxygen atoms in total. The summed E-state index contributed by atoms with van der Waals surface area (Å²) < 4.78 is 5.58. The van der Waals surface area contributed by atoms with Gasteiger partial charge in [0.15, 0.2) is 0 Å². The summed E-state index contributed by atoms with van der Waals surface area (Å²) in [6.45, 7) is 5.99. The molecule has 3 atom stereocenters. The number of epoxide rings is 1. The molecule has 2 unspecified atom stereocenters. The molecule has 2 heteroatoms. The molecule has 0 amide bonds. The quantitative estimate of drug-likeness (QED) is 0.608. The van der Waals surface area contributed by atoms with Crippen molar-refractivity contribution in [2.45, 2.75) is 57.3 Å². The number of fused-ring (bicyclic) bond motifs is 1. The normalized spacial score (nSPS) is 47.0. The van der Waals surface area contributed by atoms with Gasteiger partial charge in [0.1, 0.15) is 0 Å². The summed E-state index contributed by atoms with van der Waals surface area (Å²) in [4.78, 5) is 0. The molecule has 0 bridgehead atoms. The van der Waals surface area contributed by atoms with Gasteiger partial charge in [0, 0.05) is 0 Å². The molecular weight excluding hydrogens is 152 g/mol. The van der Waals surface area contributed by atoms with E-state index in [1.807, 2.05) is 13.8 Å². The van der Waals surface area contributed by atoms with Crippen molar-refractivity contribution in [2.24, 2.45) is 5.92 Å². The minimum Gasteiger partial charge on any atom is -0.390 e. The minimum atomic E-state index is -0.521. The second-order valence-electron chi connectivity index (χ2n) is 5.04. The predicted molar refractivity (Wildman–Crippen MR) is 46.9 cm³/mol. The summed E-state index contributed by atoms with van der Waals surface area (Å²) in [7, 11) is 0. The Morgan fingerprint density at radius 3 is 2.67 bits per heavy atom. The fourth-order valence-electron chi connectivity index (χ4n) is 2.29.